The van der Waals surface area contributed by atoms with Crippen LogP contribution in [-0.2, 0) is 0 Å². The topological polar surface area (TPSA) is 12.0 Å². The van der Waals surface area contributed by atoms with Gasteiger partial charge in [-0.1, -0.05) is 60.3 Å². The zero-order chi connectivity index (χ0) is 12.8. The lowest BCUT2D eigenvalue weighted by Crippen LogP contribution is -2.17. The highest BCUT2D eigenvalue weighted by molar-refractivity contribution is 9.10. The van der Waals surface area contributed by atoms with E-state index in [2.05, 4.69) is 67.3 Å². The molecule has 0 aliphatic rings. The van der Waals surface area contributed by atoms with Crippen LogP contribution in [0.15, 0.2) is 22.7 Å². The fraction of sp³-hybridized carbons (Fsp3) is 0.600. The first-order valence-corrected chi connectivity index (χ1v) is 7.27. The monoisotopic (exact) mass is 297 g/mol. The van der Waals surface area contributed by atoms with Crippen molar-refractivity contribution in [3.8, 4) is 0 Å². The van der Waals surface area contributed by atoms with Crippen molar-refractivity contribution in [1.82, 2.24) is 5.32 Å². The molecule has 1 aromatic carbocycles. The van der Waals surface area contributed by atoms with Crippen molar-refractivity contribution in [2.45, 2.75) is 46.1 Å². The molecule has 96 valence electrons. The molecule has 0 fully saturated rings. The predicted molar refractivity (Wildman–Crippen MR) is 79.4 cm³/mol. The van der Waals surface area contributed by atoms with Crippen molar-refractivity contribution in [3.05, 3.63) is 33.8 Å². The minimum atomic E-state index is 0.461. The van der Waals surface area contributed by atoms with Crippen molar-refractivity contribution in [2.24, 2.45) is 5.92 Å². The Morgan fingerprint density at radius 2 is 1.94 bits per heavy atom. The molecule has 0 saturated heterocycles. The minimum Gasteiger partial charge on any atom is -0.313 e. The Morgan fingerprint density at radius 3 is 2.53 bits per heavy atom. The second-order valence-corrected chi connectivity index (χ2v) is 6.05. The normalized spacial score (nSPS) is 13.1. The van der Waals surface area contributed by atoms with Crippen molar-refractivity contribution in [1.29, 1.82) is 0 Å². The zero-order valence-corrected chi connectivity index (χ0v) is 13.0. The molecule has 17 heavy (non-hydrogen) atoms. The van der Waals surface area contributed by atoms with Crippen LogP contribution >= 0.6 is 15.9 Å². The van der Waals surface area contributed by atoms with Gasteiger partial charge in [-0.25, -0.2) is 0 Å². The lowest BCUT2D eigenvalue weighted by Gasteiger charge is -2.19. The average molecular weight is 298 g/mol. The van der Waals surface area contributed by atoms with Crippen LogP contribution in [0.4, 0.5) is 0 Å². The molecule has 0 radical (unpaired) electrons. The molecule has 0 bridgehead atoms. The smallest absolute Gasteiger partial charge is 0.0328 e. The van der Waals surface area contributed by atoms with Crippen molar-refractivity contribution in [2.75, 3.05) is 7.05 Å². The van der Waals surface area contributed by atoms with E-state index in [0.717, 1.165) is 5.92 Å². The minimum absolute atomic E-state index is 0.461. The summed E-state index contributed by atoms with van der Waals surface area (Å²) >= 11 is 3.65. The molecule has 0 saturated carbocycles. The van der Waals surface area contributed by atoms with Crippen molar-refractivity contribution < 1.29 is 0 Å². The molecule has 0 spiro atoms. The molecule has 0 aliphatic heterocycles. The maximum atomic E-state index is 3.65. The van der Waals surface area contributed by atoms with Gasteiger partial charge in [0.15, 0.2) is 0 Å². The molecule has 0 aliphatic carbocycles. The molecule has 1 aromatic rings. The summed E-state index contributed by atoms with van der Waals surface area (Å²) in [6, 6.07) is 7.04. The number of hydrogen-bond acceptors (Lipinski definition) is 1. The maximum Gasteiger partial charge on any atom is 0.0328 e. The van der Waals surface area contributed by atoms with E-state index in [1.165, 1.54) is 34.9 Å². The van der Waals surface area contributed by atoms with Crippen LogP contribution in [-0.4, -0.2) is 7.05 Å². The summed E-state index contributed by atoms with van der Waals surface area (Å²) < 4.78 is 1.21. The molecule has 1 N–H and O–H groups in total. The molecule has 2 heteroatoms. The van der Waals surface area contributed by atoms with Gasteiger partial charge in [0, 0.05) is 10.5 Å². The van der Waals surface area contributed by atoms with Gasteiger partial charge >= 0.3 is 0 Å². The van der Waals surface area contributed by atoms with Gasteiger partial charge in [0.1, 0.15) is 0 Å². The fourth-order valence-electron chi connectivity index (χ4n) is 2.12. The number of benzene rings is 1. The van der Waals surface area contributed by atoms with E-state index in [-0.39, 0.29) is 0 Å². The maximum absolute atomic E-state index is 3.65. The van der Waals surface area contributed by atoms with Crippen LogP contribution in [0.1, 0.15) is 50.3 Å². The van der Waals surface area contributed by atoms with E-state index in [4.69, 9.17) is 0 Å². The van der Waals surface area contributed by atoms with E-state index in [0.29, 0.717) is 6.04 Å². The van der Waals surface area contributed by atoms with Gasteiger partial charge in [-0.05, 0) is 37.9 Å². The number of rotatable bonds is 6. The average Bonchev–Trinajstić information content (AvgIpc) is 2.28. The van der Waals surface area contributed by atoms with Crippen molar-refractivity contribution >= 4 is 15.9 Å². The van der Waals surface area contributed by atoms with Gasteiger partial charge in [0.2, 0.25) is 0 Å². The van der Waals surface area contributed by atoms with Crippen LogP contribution in [0.3, 0.4) is 0 Å². The standard InChI is InChI=1S/C15H24BrN/c1-11(2)6-5-7-15(17-4)13-10-12(3)8-9-14(13)16/h8-11,15,17H,5-7H2,1-4H3. The first-order chi connectivity index (χ1) is 8.04. The highest BCUT2D eigenvalue weighted by atomic mass is 79.9. The summed E-state index contributed by atoms with van der Waals surface area (Å²) in [4.78, 5) is 0. The van der Waals surface area contributed by atoms with E-state index in [1.807, 2.05) is 0 Å². The van der Waals surface area contributed by atoms with E-state index >= 15 is 0 Å². The number of nitrogens with one attached hydrogen (secondary N) is 1. The third-order valence-electron chi connectivity index (χ3n) is 3.15. The van der Waals surface area contributed by atoms with Gasteiger partial charge in [0.05, 0.1) is 0 Å². The largest absolute Gasteiger partial charge is 0.313 e. The lowest BCUT2D eigenvalue weighted by atomic mass is 9.97. The Labute approximate surface area is 114 Å². The van der Waals surface area contributed by atoms with Crippen LogP contribution in [0.5, 0.6) is 0 Å². The number of hydrogen-bond donors (Lipinski definition) is 1. The van der Waals surface area contributed by atoms with Gasteiger partial charge in [0.25, 0.3) is 0 Å². The summed E-state index contributed by atoms with van der Waals surface area (Å²) in [6.45, 7) is 6.73. The highest BCUT2D eigenvalue weighted by Gasteiger charge is 2.12. The third kappa shape index (κ3) is 4.81. The Bertz CT molecular complexity index is 347. The molecule has 1 unspecified atom stereocenters. The van der Waals surface area contributed by atoms with E-state index in [1.54, 1.807) is 0 Å². The molecule has 1 rings (SSSR count). The first-order valence-electron chi connectivity index (χ1n) is 6.48. The Morgan fingerprint density at radius 1 is 1.24 bits per heavy atom. The van der Waals surface area contributed by atoms with E-state index < -0.39 is 0 Å². The van der Waals surface area contributed by atoms with Crippen LogP contribution in [0.25, 0.3) is 0 Å². The molecule has 1 nitrogen and oxygen atoms in total. The Hall–Kier alpha value is -0.340. The zero-order valence-electron chi connectivity index (χ0n) is 11.4. The van der Waals surface area contributed by atoms with Gasteiger partial charge < -0.3 is 5.32 Å². The van der Waals surface area contributed by atoms with Gasteiger partial charge in [-0.15, -0.1) is 0 Å². The fourth-order valence-corrected chi connectivity index (χ4v) is 2.64. The first kappa shape index (κ1) is 14.7. The summed E-state index contributed by atoms with van der Waals surface area (Å²) in [5.41, 5.74) is 2.71. The summed E-state index contributed by atoms with van der Waals surface area (Å²) in [5, 5.41) is 3.43. The summed E-state index contributed by atoms with van der Waals surface area (Å²) in [7, 11) is 2.05. The lowest BCUT2D eigenvalue weighted by molar-refractivity contribution is 0.469. The van der Waals surface area contributed by atoms with Crippen LogP contribution < -0.4 is 5.32 Å². The Kier molecular flexibility index (Phi) is 6.21. The number of halogens is 1. The SMILES string of the molecule is CNC(CCCC(C)C)c1cc(C)ccc1Br. The summed E-state index contributed by atoms with van der Waals surface area (Å²) in [5.74, 6) is 0.799. The molecule has 0 aromatic heterocycles. The molecular formula is C15H24BrN. The van der Waals surface area contributed by atoms with Gasteiger partial charge in [-0.3, -0.25) is 0 Å². The highest BCUT2D eigenvalue weighted by Crippen LogP contribution is 2.28. The van der Waals surface area contributed by atoms with Crippen LogP contribution in [0, 0.1) is 12.8 Å². The molecular weight excluding hydrogens is 274 g/mol. The molecule has 0 amide bonds. The Balaban J connectivity index is 2.68. The quantitative estimate of drug-likeness (QED) is 0.792. The molecule has 1 atom stereocenters. The third-order valence-corrected chi connectivity index (χ3v) is 3.87. The predicted octanol–water partition coefficient (Wildman–Crippen LogP) is 4.84. The summed E-state index contributed by atoms with van der Waals surface area (Å²) in [6.07, 6.45) is 3.79. The van der Waals surface area contributed by atoms with Crippen molar-refractivity contribution in [3.63, 3.8) is 0 Å². The van der Waals surface area contributed by atoms with Crippen LogP contribution in [0.2, 0.25) is 0 Å². The van der Waals surface area contributed by atoms with Gasteiger partial charge in [-0.2, -0.15) is 0 Å². The van der Waals surface area contributed by atoms with E-state index in [9.17, 15) is 0 Å². The molecule has 0 heterocycles. The second-order valence-electron chi connectivity index (χ2n) is 5.19. The second kappa shape index (κ2) is 7.17. The number of aryl methyl sites for hydroxylation is 1.